The lowest BCUT2D eigenvalue weighted by Gasteiger charge is -2.10. The van der Waals surface area contributed by atoms with Crippen LogP contribution in [0.2, 0.25) is 5.02 Å². The van der Waals surface area contributed by atoms with Gasteiger partial charge in [0.15, 0.2) is 0 Å². The molecule has 0 fully saturated rings. The van der Waals surface area contributed by atoms with Gasteiger partial charge in [0.1, 0.15) is 18.2 Å². The molecule has 0 saturated heterocycles. The second-order valence-corrected chi connectivity index (χ2v) is 6.64. The summed E-state index contributed by atoms with van der Waals surface area (Å²) in [7, 11) is 0. The van der Waals surface area contributed by atoms with Crippen LogP contribution >= 0.6 is 11.6 Å². The van der Waals surface area contributed by atoms with Crippen molar-refractivity contribution in [2.75, 3.05) is 5.32 Å². The Labute approximate surface area is 163 Å². The molecule has 0 aliphatic heterocycles. The molecule has 2 aromatic heterocycles. The quantitative estimate of drug-likeness (QED) is 0.479. The first kappa shape index (κ1) is 19.5. The highest BCUT2D eigenvalue weighted by Crippen LogP contribution is 2.19. The van der Waals surface area contributed by atoms with Crippen molar-refractivity contribution < 1.29 is 14.1 Å². The Hall–Kier alpha value is -3.27. The van der Waals surface area contributed by atoms with E-state index in [-0.39, 0.29) is 18.1 Å². The van der Waals surface area contributed by atoms with Crippen molar-refractivity contribution in [2.24, 2.45) is 5.92 Å². The van der Waals surface area contributed by atoms with Gasteiger partial charge in [-0.25, -0.2) is 4.39 Å². The van der Waals surface area contributed by atoms with Crippen LogP contribution in [0.4, 0.5) is 15.8 Å². The van der Waals surface area contributed by atoms with E-state index in [9.17, 15) is 19.3 Å². The number of rotatable bonds is 7. The molecular formula is C17H16ClFN6O3. The Kier molecular flexibility index (Phi) is 5.69. The highest BCUT2D eigenvalue weighted by Gasteiger charge is 2.17. The Morgan fingerprint density at radius 1 is 1.32 bits per heavy atom. The van der Waals surface area contributed by atoms with Crippen LogP contribution in [0.3, 0.4) is 0 Å². The van der Waals surface area contributed by atoms with Crippen LogP contribution in [-0.4, -0.2) is 30.4 Å². The molecule has 0 spiro atoms. The molecule has 28 heavy (non-hydrogen) atoms. The Balaban J connectivity index is 1.58. The second-order valence-electron chi connectivity index (χ2n) is 6.23. The standard InChI is InChI=1S/C17H16ClFN6O3/c1-11(7-23-10-15(6-21-23)25(27)28)17(26)22-14-5-20-24(9-14)8-12-2-3-13(19)4-16(12)18/h2-6,9-11H,7-8H2,1H3,(H,22,26). The van der Waals surface area contributed by atoms with Crippen molar-refractivity contribution in [1.29, 1.82) is 0 Å². The molecule has 0 bridgehead atoms. The first-order chi connectivity index (χ1) is 13.3. The van der Waals surface area contributed by atoms with E-state index in [4.69, 9.17) is 11.6 Å². The van der Waals surface area contributed by atoms with E-state index in [0.29, 0.717) is 22.8 Å². The normalized spacial score (nSPS) is 12.0. The number of anilines is 1. The highest BCUT2D eigenvalue weighted by atomic mass is 35.5. The van der Waals surface area contributed by atoms with Crippen LogP contribution in [0.25, 0.3) is 0 Å². The van der Waals surface area contributed by atoms with Gasteiger partial charge in [0, 0.05) is 11.2 Å². The first-order valence-corrected chi connectivity index (χ1v) is 8.63. The van der Waals surface area contributed by atoms with Gasteiger partial charge in [0.05, 0.1) is 35.8 Å². The maximum atomic E-state index is 13.1. The van der Waals surface area contributed by atoms with Crippen LogP contribution in [0.1, 0.15) is 12.5 Å². The molecule has 9 nitrogen and oxygen atoms in total. The summed E-state index contributed by atoms with van der Waals surface area (Å²) in [6, 6.07) is 4.11. The van der Waals surface area contributed by atoms with Gasteiger partial charge in [-0.15, -0.1) is 0 Å². The number of amides is 1. The fourth-order valence-corrected chi connectivity index (χ4v) is 2.74. The van der Waals surface area contributed by atoms with Crippen LogP contribution < -0.4 is 5.32 Å². The summed E-state index contributed by atoms with van der Waals surface area (Å²) in [5.74, 6) is -1.18. The predicted octanol–water partition coefficient (Wildman–Crippen LogP) is 3.10. The average Bonchev–Trinajstić information content (AvgIpc) is 3.27. The number of carbonyl (C=O) groups is 1. The Morgan fingerprint density at radius 3 is 2.75 bits per heavy atom. The molecule has 3 aromatic rings. The zero-order valence-electron chi connectivity index (χ0n) is 14.7. The minimum Gasteiger partial charge on any atom is -0.323 e. The fourth-order valence-electron chi connectivity index (χ4n) is 2.51. The van der Waals surface area contributed by atoms with Gasteiger partial charge >= 0.3 is 5.69 Å². The zero-order valence-corrected chi connectivity index (χ0v) is 15.5. The predicted molar refractivity (Wildman–Crippen MR) is 99.4 cm³/mol. The maximum Gasteiger partial charge on any atom is 0.306 e. The number of carbonyl (C=O) groups excluding carboxylic acids is 1. The van der Waals surface area contributed by atoms with Crippen molar-refractivity contribution in [1.82, 2.24) is 19.6 Å². The molecule has 0 aliphatic carbocycles. The number of nitrogens with one attached hydrogen (secondary N) is 1. The summed E-state index contributed by atoms with van der Waals surface area (Å²) >= 11 is 6.01. The third kappa shape index (κ3) is 4.71. The summed E-state index contributed by atoms with van der Waals surface area (Å²) < 4.78 is 16.0. The van der Waals surface area contributed by atoms with Crippen molar-refractivity contribution in [3.05, 3.63) is 69.5 Å². The molecule has 0 saturated carbocycles. The minimum atomic E-state index is -0.546. The monoisotopic (exact) mass is 406 g/mol. The lowest BCUT2D eigenvalue weighted by Crippen LogP contribution is -2.24. The van der Waals surface area contributed by atoms with Gasteiger partial charge in [-0.05, 0) is 17.7 Å². The molecule has 1 unspecified atom stereocenters. The van der Waals surface area contributed by atoms with Crippen LogP contribution in [0, 0.1) is 21.8 Å². The Bertz CT molecular complexity index is 1020. The van der Waals surface area contributed by atoms with Crippen LogP contribution in [0.15, 0.2) is 43.0 Å². The third-order valence-electron chi connectivity index (χ3n) is 3.99. The fraction of sp³-hybridized carbons (Fsp3) is 0.235. The first-order valence-electron chi connectivity index (χ1n) is 8.26. The van der Waals surface area contributed by atoms with E-state index in [1.807, 2.05) is 0 Å². The van der Waals surface area contributed by atoms with E-state index in [0.717, 1.165) is 6.20 Å². The average molecular weight is 407 g/mol. The van der Waals surface area contributed by atoms with E-state index >= 15 is 0 Å². The second kappa shape index (κ2) is 8.17. The molecule has 0 aliphatic rings. The van der Waals surface area contributed by atoms with Crippen LogP contribution in [-0.2, 0) is 17.9 Å². The van der Waals surface area contributed by atoms with Crippen LogP contribution in [0.5, 0.6) is 0 Å². The molecule has 3 rings (SSSR count). The smallest absolute Gasteiger partial charge is 0.306 e. The van der Waals surface area contributed by atoms with E-state index in [2.05, 4.69) is 15.5 Å². The van der Waals surface area contributed by atoms with E-state index < -0.39 is 16.7 Å². The lowest BCUT2D eigenvalue weighted by molar-refractivity contribution is -0.385. The summed E-state index contributed by atoms with van der Waals surface area (Å²) in [6.07, 6.45) is 5.52. The van der Waals surface area contributed by atoms with E-state index in [1.165, 1.54) is 29.2 Å². The number of aromatic nitrogens is 4. The number of hydrogen-bond donors (Lipinski definition) is 1. The van der Waals surface area contributed by atoms with Crippen molar-refractivity contribution in [3.63, 3.8) is 0 Å². The molecule has 2 heterocycles. The number of nitro groups is 1. The van der Waals surface area contributed by atoms with E-state index in [1.54, 1.807) is 23.9 Å². The van der Waals surface area contributed by atoms with Crippen molar-refractivity contribution >= 4 is 28.9 Å². The van der Waals surface area contributed by atoms with Gasteiger partial charge in [0.25, 0.3) is 0 Å². The topological polar surface area (TPSA) is 108 Å². The number of benzene rings is 1. The maximum absolute atomic E-state index is 13.1. The summed E-state index contributed by atoms with van der Waals surface area (Å²) in [5.41, 5.74) is 1.05. The zero-order chi connectivity index (χ0) is 20.3. The lowest BCUT2D eigenvalue weighted by atomic mass is 10.1. The third-order valence-corrected chi connectivity index (χ3v) is 4.34. The molecule has 11 heteroatoms. The molecule has 1 aromatic carbocycles. The molecular weight excluding hydrogens is 391 g/mol. The summed E-state index contributed by atoms with van der Waals surface area (Å²) in [6.45, 7) is 2.20. The number of nitrogens with zero attached hydrogens (tertiary/aromatic N) is 5. The van der Waals surface area contributed by atoms with Gasteiger partial charge in [0.2, 0.25) is 5.91 Å². The molecule has 146 valence electrons. The molecule has 1 N–H and O–H groups in total. The van der Waals surface area contributed by atoms with Gasteiger partial charge in [-0.2, -0.15) is 10.2 Å². The SMILES string of the molecule is CC(Cn1cc([N+](=O)[O-])cn1)C(=O)Nc1cnn(Cc2ccc(F)cc2Cl)c1. The van der Waals surface area contributed by atoms with Gasteiger partial charge < -0.3 is 5.32 Å². The molecule has 0 radical (unpaired) electrons. The number of halogens is 2. The molecule has 1 amide bonds. The molecule has 1 atom stereocenters. The summed E-state index contributed by atoms with van der Waals surface area (Å²) in [4.78, 5) is 22.5. The summed E-state index contributed by atoms with van der Waals surface area (Å²) in [5, 5.41) is 21.7. The number of hydrogen-bond acceptors (Lipinski definition) is 5. The highest BCUT2D eigenvalue weighted by molar-refractivity contribution is 6.31. The van der Waals surface area contributed by atoms with Gasteiger partial charge in [-0.3, -0.25) is 24.3 Å². The van der Waals surface area contributed by atoms with Crippen molar-refractivity contribution in [3.8, 4) is 0 Å². The minimum absolute atomic E-state index is 0.131. The van der Waals surface area contributed by atoms with Gasteiger partial charge in [-0.1, -0.05) is 24.6 Å². The largest absolute Gasteiger partial charge is 0.323 e. The Morgan fingerprint density at radius 2 is 2.07 bits per heavy atom. The van der Waals surface area contributed by atoms with Crippen molar-refractivity contribution in [2.45, 2.75) is 20.0 Å².